The van der Waals surface area contributed by atoms with Crippen LogP contribution in [0.25, 0.3) is 11.3 Å². The number of hydrogen-bond acceptors (Lipinski definition) is 4. The fourth-order valence-electron chi connectivity index (χ4n) is 3.00. The third kappa shape index (κ3) is 3.62. The summed E-state index contributed by atoms with van der Waals surface area (Å²) in [5, 5.41) is 4.24. The molecule has 1 aromatic carbocycles. The summed E-state index contributed by atoms with van der Waals surface area (Å²) in [6, 6.07) is 5.26. The molecule has 1 fully saturated rings. The number of nitrogens with zero attached hydrogens (tertiary/aromatic N) is 3. The fourth-order valence-corrected chi connectivity index (χ4v) is 3.56. The van der Waals surface area contributed by atoms with Crippen LogP contribution >= 0.6 is 15.9 Å². The lowest BCUT2D eigenvalue weighted by Crippen LogP contribution is -2.25. The van der Waals surface area contributed by atoms with Crippen LogP contribution in [0.4, 0.5) is 0 Å². The normalized spacial score (nSPS) is 14.9. The van der Waals surface area contributed by atoms with E-state index in [1.54, 1.807) is 29.1 Å². The lowest BCUT2D eigenvalue weighted by atomic mass is 10.1. The number of carbonyl (C=O) groups is 1. The lowest BCUT2D eigenvalue weighted by molar-refractivity contribution is 0.100. The molecular weight excluding hydrogens is 372 g/mol. The van der Waals surface area contributed by atoms with Crippen LogP contribution in [0.15, 0.2) is 28.9 Å². The monoisotopic (exact) mass is 392 g/mol. The fraction of sp³-hybridized carbons (Fsp3) is 0.412. The molecule has 1 amide bonds. The topological polar surface area (TPSA) is 73.4 Å². The van der Waals surface area contributed by atoms with E-state index in [1.165, 1.54) is 12.8 Å². The molecule has 1 aliphatic heterocycles. The number of carbonyl (C=O) groups excluding carboxylic acids is 1. The molecule has 1 aromatic heterocycles. The first-order valence-electron chi connectivity index (χ1n) is 8.03. The van der Waals surface area contributed by atoms with Gasteiger partial charge >= 0.3 is 0 Å². The molecule has 0 atom stereocenters. The third-order valence-corrected chi connectivity index (χ3v) is 4.86. The summed E-state index contributed by atoms with van der Waals surface area (Å²) in [6.45, 7) is 3.80. The van der Waals surface area contributed by atoms with Crippen molar-refractivity contribution in [3.8, 4) is 17.0 Å². The van der Waals surface area contributed by atoms with E-state index in [4.69, 9.17) is 10.5 Å². The van der Waals surface area contributed by atoms with Crippen molar-refractivity contribution >= 4 is 21.8 Å². The van der Waals surface area contributed by atoms with Crippen molar-refractivity contribution in [1.29, 1.82) is 0 Å². The number of primary amides is 1. The van der Waals surface area contributed by atoms with Crippen LogP contribution in [-0.2, 0) is 7.05 Å². The van der Waals surface area contributed by atoms with E-state index >= 15 is 0 Å². The number of hydrogen-bond donors (Lipinski definition) is 1. The van der Waals surface area contributed by atoms with E-state index in [2.05, 4.69) is 25.9 Å². The Hall–Kier alpha value is -1.86. The zero-order valence-corrected chi connectivity index (χ0v) is 15.3. The smallest absolute Gasteiger partial charge is 0.248 e. The second-order valence-corrected chi connectivity index (χ2v) is 6.79. The van der Waals surface area contributed by atoms with E-state index in [9.17, 15) is 4.79 Å². The quantitative estimate of drug-likeness (QED) is 0.818. The Bertz CT molecular complexity index is 719. The Kier molecular flexibility index (Phi) is 5.20. The molecule has 0 spiro atoms. The van der Waals surface area contributed by atoms with Crippen LogP contribution in [0.5, 0.6) is 5.75 Å². The molecule has 3 rings (SSSR count). The Morgan fingerprint density at radius 3 is 2.75 bits per heavy atom. The number of halogens is 1. The maximum Gasteiger partial charge on any atom is 0.248 e. The first-order chi connectivity index (χ1) is 11.6. The number of rotatable bonds is 6. The van der Waals surface area contributed by atoms with Gasteiger partial charge in [0.2, 0.25) is 5.91 Å². The zero-order chi connectivity index (χ0) is 17.1. The summed E-state index contributed by atoms with van der Waals surface area (Å²) in [5.74, 6) is 0.265. The molecular formula is C17H21BrN4O2. The minimum absolute atomic E-state index is 0.449. The van der Waals surface area contributed by atoms with E-state index in [0.717, 1.165) is 41.1 Å². The number of aryl methyl sites for hydroxylation is 1. The van der Waals surface area contributed by atoms with Crippen LogP contribution in [-0.4, -0.2) is 46.8 Å². The Morgan fingerprint density at radius 1 is 1.38 bits per heavy atom. The van der Waals surface area contributed by atoms with Gasteiger partial charge in [-0.3, -0.25) is 14.4 Å². The Labute approximate surface area is 149 Å². The van der Waals surface area contributed by atoms with E-state index < -0.39 is 5.91 Å². The van der Waals surface area contributed by atoms with Crippen LogP contribution in [0.3, 0.4) is 0 Å². The van der Waals surface area contributed by atoms with Gasteiger partial charge in [-0.25, -0.2) is 0 Å². The van der Waals surface area contributed by atoms with Crippen molar-refractivity contribution in [1.82, 2.24) is 14.7 Å². The number of nitrogens with two attached hydrogens (primary N) is 1. The minimum atomic E-state index is -0.460. The number of ether oxygens (including phenoxy) is 1. The van der Waals surface area contributed by atoms with E-state index in [1.807, 2.05) is 7.05 Å². The molecule has 7 heteroatoms. The average molecular weight is 393 g/mol. The van der Waals surface area contributed by atoms with Crippen molar-refractivity contribution in [2.75, 3.05) is 26.2 Å². The van der Waals surface area contributed by atoms with Gasteiger partial charge in [-0.1, -0.05) is 0 Å². The van der Waals surface area contributed by atoms with Gasteiger partial charge in [-0.05, 0) is 60.1 Å². The van der Waals surface area contributed by atoms with Gasteiger partial charge in [0, 0.05) is 24.7 Å². The van der Waals surface area contributed by atoms with E-state index in [-0.39, 0.29) is 0 Å². The molecule has 2 heterocycles. The Balaban J connectivity index is 1.85. The third-order valence-electron chi connectivity index (χ3n) is 4.28. The molecule has 2 aromatic rings. The standard InChI is InChI=1S/C17H21BrN4O2/c1-21-16(14(18)11-20-21)13-10-12(17(19)23)4-5-15(13)24-9-8-22-6-2-3-7-22/h4-5,10-11H,2-3,6-9H2,1H3,(H2,19,23). The molecule has 0 aliphatic carbocycles. The molecule has 0 unspecified atom stereocenters. The largest absolute Gasteiger partial charge is 0.492 e. The molecule has 0 saturated carbocycles. The molecule has 24 heavy (non-hydrogen) atoms. The highest BCUT2D eigenvalue weighted by Gasteiger charge is 2.17. The van der Waals surface area contributed by atoms with Gasteiger partial charge in [0.05, 0.1) is 16.4 Å². The van der Waals surface area contributed by atoms with Gasteiger partial charge in [-0.15, -0.1) is 0 Å². The molecule has 1 aliphatic rings. The molecule has 0 bridgehead atoms. The molecule has 6 nitrogen and oxygen atoms in total. The lowest BCUT2D eigenvalue weighted by Gasteiger charge is -2.17. The Morgan fingerprint density at radius 2 is 2.12 bits per heavy atom. The highest BCUT2D eigenvalue weighted by Crippen LogP contribution is 2.35. The SMILES string of the molecule is Cn1ncc(Br)c1-c1cc(C(N)=O)ccc1OCCN1CCCC1. The van der Waals surface area contributed by atoms with Gasteiger partial charge in [0.15, 0.2) is 0 Å². The molecule has 0 radical (unpaired) electrons. The predicted molar refractivity (Wildman–Crippen MR) is 96.0 cm³/mol. The van der Waals surface area contributed by atoms with Gasteiger partial charge in [0.1, 0.15) is 12.4 Å². The highest BCUT2D eigenvalue weighted by atomic mass is 79.9. The minimum Gasteiger partial charge on any atom is -0.492 e. The van der Waals surface area contributed by atoms with Gasteiger partial charge < -0.3 is 10.5 Å². The zero-order valence-electron chi connectivity index (χ0n) is 13.7. The number of likely N-dealkylation sites (tertiary alicyclic amines) is 1. The summed E-state index contributed by atoms with van der Waals surface area (Å²) in [6.07, 6.45) is 4.25. The molecule has 1 saturated heterocycles. The number of amides is 1. The first kappa shape index (κ1) is 17.0. The second kappa shape index (κ2) is 7.36. The highest BCUT2D eigenvalue weighted by molar-refractivity contribution is 9.10. The number of benzene rings is 1. The van der Waals surface area contributed by atoms with Crippen LogP contribution < -0.4 is 10.5 Å². The van der Waals surface area contributed by atoms with Crippen LogP contribution in [0.1, 0.15) is 23.2 Å². The molecule has 2 N–H and O–H groups in total. The maximum absolute atomic E-state index is 11.5. The molecule has 128 valence electrons. The summed E-state index contributed by atoms with van der Waals surface area (Å²) in [7, 11) is 1.85. The van der Waals surface area contributed by atoms with Crippen LogP contribution in [0.2, 0.25) is 0 Å². The number of aromatic nitrogens is 2. The van der Waals surface area contributed by atoms with Crippen LogP contribution in [0, 0.1) is 0 Å². The second-order valence-electron chi connectivity index (χ2n) is 5.94. The van der Waals surface area contributed by atoms with Gasteiger partial charge in [0.25, 0.3) is 0 Å². The van der Waals surface area contributed by atoms with Crippen molar-refractivity contribution in [2.45, 2.75) is 12.8 Å². The summed E-state index contributed by atoms with van der Waals surface area (Å²) < 4.78 is 8.60. The average Bonchev–Trinajstić information content (AvgIpc) is 3.18. The summed E-state index contributed by atoms with van der Waals surface area (Å²) in [4.78, 5) is 13.9. The predicted octanol–water partition coefficient (Wildman–Crippen LogP) is 2.42. The summed E-state index contributed by atoms with van der Waals surface area (Å²) in [5.41, 5.74) is 7.53. The first-order valence-corrected chi connectivity index (χ1v) is 8.82. The van der Waals surface area contributed by atoms with Crippen molar-refractivity contribution in [3.63, 3.8) is 0 Å². The van der Waals surface area contributed by atoms with Gasteiger partial charge in [-0.2, -0.15) is 5.10 Å². The maximum atomic E-state index is 11.5. The van der Waals surface area contributed by atoms with Crippen molar-refractivity contribution in [3.05, 3.63) is 34.4 Å². The van der Waals surface area contributed by atoms with Crippen molar-refractivity contribution in [2.24, 2.45) is 12.8 Å². The van der Waals surface area contributed by atoms with E-state index in [0.29, 0.717) is 12.2 Å². The summed E-state index contributed by atoms with van der Waals surface area (Å²) >= 11 is 3.51. The van der Waals surface area contributed by atoms with Crippen molar-refractivity contribution < 1.29 is 9.53 Å².